The molecule has 0 radical (unpaired) electrons. The van der Waals surface area contributed by atoms with Gasteiger partial charge >= 0.3 is 0 Å². The average molecular weight is 206 g/mol. The number of rotatable bonds is 1. The number of anilines is 1. The number of nitrogens with two attached hydrogens (primary N) is 1. The maximum atomic E-state index is 11.4. The van der Waals surface area contributed by atoms with Crippen molar-refractivity contribution in [3.8, 4) is 10.4 Å². The molecule has 3 nitrogen and oxygen atoms in total. The molecule has 2 rings (SSSR count). The van der Waals surface area contributed by atoms with E-state index in [0.717, 1.165) is 10.4 Å². The summed E-state index contributed by atoms with van der Waals surface area (Å²) < 4.78 is 1.43. The summed E-state index contributed by atoms with van der Waals surface area (Å²) in [5.41, 5.74) is 6.51. The Hall–Kier alpha value is -1.55. The maximum Gasteiger partial charge on any atom is 0.252 e. The third-order valence-electron chi connectivity index (χ3n) is 2.11. The van der Waals surface area contributed by atoms with Crippen LogP contribution in [-0.4, -0.2) is 4.57 Å². The molecule has 0 spiro atoms. The van der Waals surface area contributed by atoms with Crippen molar-refractivity contribution >= 4 is 17.2 Å². The van der Waals surface area contributed by atoms with E-state index in [1.807, 2.05) is 23.6 Å². The number of thiophene rings is 1. The van der Waals surface area contributed by atoms with Crippen LogP contribution < -0.4 is 11.3 Å². The topological polar surface area (TPSA) is 48.0 Å². The van der Waals surface area contributed by atoms with Crippen LogP contribution in [0.25, 0.3) is 10.4 Å². The zero-order chi connectivity index (χ0) is 10.1. The smallest absolute Gasteiger partial charge is 0.252 e. The van der Waals surface area contributed by atoms with E-state index in [4.69, 9.17) is 5.73 Å². The molecule has 0 bridgehead atoms. The van der Waals surface area contributed by atoms with Crippen LogP contribution in [0.2, 0.25) is 0 Å². The summed E-state index contributed by atoms with van der Waals surface area (Å²) in [6, 6.07) is 7.34. The molecule has 0 aliphatic rings. The lowest BCUT2D eigenvalue weighted by Crippen LogP contribution is -2.18. The molecule has 2 aromatic heterocycles. The fraction of sp³-hybridized carbons (Fsp3) is 0.100. The summed E-state index contributed by atoms with van der Waals surface area (Å²) in [5, 5.41) is 1.98. The average Bonchev–Trinajstić information content (AvgIpc) is 2.66. The fourth-order valence-corrected chi connectivity index (χ4v) is 1.95. The minimum atomic E-state index is -0.0756. The third-order valence-corrected chi connectivity index (χ3v) is 3.02. The Morgan fingerprint density at radius 2 is 2.21 bits per heavy atom. The Morgan fingerprint density at radius 1 is 1.43 bits per heavy atom. The van der Waals surface area contributed by atoms with Crippen LogP contribution in [-0.2, 0) is 7.05 Å². The van der Waals surface area contributed by atoms with Crippen molar-refractivity contribution in [1.29, 1.82) is 0 Å². The highest BCUT2D eigenvalue weighted by molar-refractivity contribution is 7.13. The predicted octanol–water partition coefficient (Wildman–Crippen LogP) is 1.70. The van der Waals surface area contributed by atoms with Crippen LogP contribution in [0.4, 0.5) is 5.82 Å². The van der Waals surface area contributed by atoms with Crippen molar-refractivity contribution in [3.05, 3.63) is 40.0 Å². The monoisotopic (exact) mass is 206 g/mol. The van der Waals surface area contributed by atoms with E-state index in [1.54, 1.807) is 24.5 Å². The first-order valence-corrected chi connectivity index (χ1v) is 5.07. The van der Waals surface area contributed by atoms with E-state index in [9.17, 15) is 4.79 Å². The molecule has 4 heteroatoms. The Morgan fingerprint density at radius 3 is 2.79 bits per heavy atom. The van der Waals surface area contributed by atoms with Gasteiger partial charge in [-0.05, 0) is 17.5 Å². The van der Waals surface area contributed by atoms with Crippen molar-refractivity contribution in [2.24, 2.45) is 7.05 Å². The lowest BCUT2D eigenvalue weighted by atomic mass is 10.2. The van der Waals surface area contributed by atoms with Crippen LogP contribution in [0.15, 0.2) is 34.4 Å². The van der Waals surface area contributed by atoms with Crippen molar-refractivity contribution < 1.29 is 0 Å². The van der Waals surface area contributed by atoms with E-state index in [2.05, 4.69) is 0 Å². The minimum absolute atomic E-state index is 0.0756. The summed E-state index contributed by atoms with van der Waals surface area (Å²) in [4.78, 5) is 12.5. The van der Waals surface area contributed by atoms with Crippen molar-refractivity contribution in [3.63, 3.8) is 0 Å². The van der Waals surface area contributed by atoms with E-state index < -0.39 is 0 Å². The second-order valence-corrected chi connectivity index (χ2v) is 3.99. The lowest BCUT2D eigenvalue weighted by Gasteiger charge is -2.04. The molecule has 0 fully saturated rings. The lowest BCUT2D eigenvalue weighted by molar-refractivity contribution is 0.876. The van der Waals surface area contributed by atoms with E-state index in [-0.39, 0.29) is 5.56 Å². The number of pyridine rings is 1. The highest BCUT2D eigenvalue weighted by Crippen LogP contribution is 2.24. The Labute approximate surface area is 85.4 Å². The molecule has 0 saturated carbocycles. The van der Waals surface area contributed by atoms with Crippen LogP contribution in [0.3, 0.4) is 0 Å². The van der Waals surface area contributed by atoms with Gasteiger partial charge in [0.1, 0.15) is 5.82 Å². The number of nitrogens with zero attached hydrogens (tertiary/aromatic N) is 1. The quantitative estimate of drug-likeness (QED) is 0.772. The van der Waals surface area contributed by atoms with Crippen LogP contribution >= 0.6 is 11.3 Å². The van der Waals surface area contributed by atoms with Crippen LogP contribution in [0, 0.1) is 0 Å². The first-order valence-electron chi connectivity index (χ1n) is 4.19. The Kier molecular flexibility index (Phi) is 2.13. The zero-order valence-corrected chi connectivity index (χ0v) is 8.54. The van der Waals surface area contributed by atoms with Crippen molar-refractivity contribution in [1.82, 2.24) is 4.57 Å². The summed E-state index contributed by atoms with van der Waals surface area (Å²) in [7, 11) is 1.66. The molecule has 0 aliphatic carbocycles. The molecule has 0 unspecified atom stereocenters. The van der Waals surface area contributed by atoms with Gasteiger partial charge in [0.15, 0.2) is 0 Å². The normalized spacial score (nSPS) is 10.4. The Bertz CT molecular complexity index is 499. The molecule has 2 N–H and O–H groups in total. The van der Waals surface area contributed by atoms with Gasteiger partial charge in [-0.3, -0.25) is 9.36 Å². The number of hydrogen-bond acceptors (Lipinski definition) is 3. The van der Waals surface area contributed by atoms with Gasteiger partial charge < -0.3 is 5.73 Å². The van der Waals surface area contributed by atoms with E-state index >= 15 is 0 Å². The van der Waals surface area contributed by atoms with E-state index in [1.165, 1.54) is 4.57 Å². The van der Waals surface area contributed by atoms with Crippen molar-refractivity contribution in [2.45, 2.75) is 0 Å². The molecular weight excluding hydrogens is 196 g/mol. The number of aromatic nitrogens is 1. The molecule has 72 valence electrons. The van der Waals surface area contributed by atoms with Gasteiger partial charge in [-0.15, -0.1) is 11.3 Å². The molecule has 2 heterocycles. The second kappa shape index (κ2) is 3.31. The molecular formula is C10H10N2OS. The molecule has 14 heavy (non-hydrogen) atoms. The first-order chi connectivity index (χ1) is 6.68. The predicted molar refractivity (Wildman–Crippen MR) is 59.4 cm³/mol. The third kappa shape index (κ3) is 1.44. The van der Waals surface area contributed by atoms with Crippen LogP contribution in [0.5, 0.6) is 0 Å². The van der Waals surface area contributed by atoms with Gasteiger partial charge in [0.05, 0.1) is 0 Å². The summed E-state index contributed by atoms with van der Waals surface area (Å²) in [6.45, 7) is 0. The highest BCUT2D eigenvalue weighted by Gasteiger charge is 2.03. The summed E-state index contributed by atoms with van der Waals surface area (Å²) in [5.74, 6) is 0.487. The van der Waals surface area contributed by atoms with Crippen LogP contribution in [0.1, 0.15) is 0 Å². The van der Waals surface area contributed by atoms with Gasteiger partial charge in [-0.1, -0.05) is 6.07 Å². The number of nitrogen functional groups attached to an aromatic ring is 1. The molecule has 0 aromatic carbocycles. The molecule has 0 aliphatic heterocycles. The van der Waals surface area contributed by atoms with Gasteiger partial charge in [-0.2, -0.15) is 0 Å². The SMILES string of the molecule is Cn1c(N)cc(-c2cccs2)cc1=O. The standard InChI is InChI=1S/C10H10N2OS/c1-12-9(11)5-7(6-10(12)13)8-3-2-4-14-8/h2-6H,11H2,1H3. The van der Waals surface area contributed by atoms with E-state index in [0.29, 0.717) is 5.82 Å². The summed E-state index contributed by atoms with van der Waals surface area (Å²) in [6.07, 6.45) is 0. The van der Waals surface area contributed by atoms with Gasteiger partial charge in [0, 0.05) is 23.6 Å². The van der Waals surface area contributed by atoms with Gasteiger partial charge in [0.25, 0.3) is 5.56 Å². The maximum absolute atomic E-state index is 11.4. The minimum Gasteiger partial charge on any atom is -0.385 e. The Balaban J connectivity index is 2.63. The van der Waals surface area contributed by atoms with Crippen molar-refractivity contribution in [2.75, 3.05) is 5.73 Å². The first kappa shape index (κ1) is 9.02. The highest BCUT2D eigenvalue weighted by atomic mass is 32.1. The molecule has 0 saturated heterocycles. The zero-order valence-electron chi connectivity index (χ0n) is 7.73. The molecule has 2 aromatic rings. The largest absolute Gasteiger partial charge is 0.385 e. The fourth-order valence-electron chi connectivity index (χ4n) is 1.24. The van der Waals surface area contributed by atoms with Gasteiger partial charge in [-0.25, -0.2) is 0 Å². The second-order valence-electron chi connectivity index (χ2n) is 3.04. The molecule has 0 amide bonds. The summed E-state index contributed by atoms with van der Waals surface area (Å²) >= 11 is 1.60. The van der Waals surface area contributed by atoms with Gasteiger partial charge in [0.2, 0.25) is 0 Å². The molecule has 0 atom stereocenters. The number of hydrogen-bond donors (Lipinski definition) is 1.